The Kier molecular flexibility index (Phi) is 7.10. The number of aromatic nitrogens is 2. The van der Waals surface area contributed by atoms with E-state index >= 15 is 0 Å². The van der Waals surface area contributed by atoms with Crippen LogP contribution < -0.4 is 4.74 Å². The SMILES string of the molecule is N#Cc1cccc(-c2cccc(-c3nc(-c4ccc(-c5cccc6c5Oc5ccccc5C65c6ccccc6-c6ccccc65)cc4)nc4ccccc34)c2)c1. The molecule has 1 aliphatic heterocycles. The molecule has 1 aromatic heterocycles. The van der Waals surface area contributed by atoms with Crippen LogP contribution in [0.25, 0.3) is 66.9 Å². The molecule has 0 unspecified atom stereocenters. The van der Waals surface area contributed by atoms with Gasteiger partial charge in [0, 0.05) is 33.2 Å². The van der Waals surface area contributed by atoms with Crippen LogP contribution in [-0.2, 0) is 5.41 Å². The lowest BCUT2D eigenvalue weighted by Gasteiger charge is -2.40. The van der Waals surface area contributed by atoms with E-state index in [4.69, 9.17) is 14.7 Å². The summed E-state index contributed by atoms with van der Waals surface area (Å²) in [5.74, 6) is 2.39. The van der Waals surface area contributed by atoms with Gasteiger partial charge < -0.3 is 4.74 Å². The second-order valence-corrected chi connectivity index (χ2v) is 14.4. The van der Waals surface area contributed by atoms with Crippen molar-refractivity contribution in [3.8, 4) is 73.6 Å². The fourth-order valence-electron chi connectivity index (χ4n) is 8.94. The Morgan fingerprint density at radius 1 is 0.446 bits per heavy atom. The first-order valence-corrected chi connectivity index (χ1v) is 18.8. The Hall–Kier alpha value is -7.61. The minimum absolute atomic E-state index is 0.515. The Morgan fingerprint density at radius 2 is 1.04 bits per heavy atom. The molecule has 4 heteroatoms. The molecule has 0 saturated carbocycles. The van der Waals surface area contributed by atoms with Gasteiger partial charge >= 0.3 is 0 Å². The molecule has 2 heterocycles. The monoisotopic (exact) mass is 713 g/mol. The van der Waals surface area contributed by atoms with Crippen molar-refractivity contribution in [3.05, 3.63) is 216 Å². The van der Waals surface area contributed by atoms with Crippen LogP contribution in [0, 0.1) is 11.3 Å². The minimum Gasteiger partial charge on any atom is -0.456 e. The Balaban J connectivity index is 1.03. The lowest BCUT2D eigenvalue weighted by molar-refractivity contribution is 0.438. The average molecular weight is 714 g/mol. The summed E-state index contributed by atoms with van der Waals surface area (Å²) < 4.78 is 6.92. The first-order valence-electron chi connectivity index (χ1n) is 18.8. The fraction of sp³-hybridized carbons (Fsp3) is 0.0192. The lowest BCUT2D eigenvalue weighted by Crippen LogP contribution is -2.32. The second kappa shape index (κ2) is 12.5. The van der Waals surface area contributed by atoms with E-state index in [1.807, 2.05) is 48.5 Å². The van der Waals surface area contributed by atoms with Gasteiger partial charge in [0.1, 0.15) is 11.5 Å². The van der Waals surface area contributed by atoms with E-state index in [0.29, 0.717) is 11.4 Å². The highest BCUT2D eigenvalue weighted by Gasteiger charge is 2.51. The first-order chi connectivity index (χ1) is 27.7. The maximum atomic E-state index is 9.50. The highest BCUT2D eigenvalue weighted by Crippen LogP contribution is 2.63. The molecule has 4 nitrogen and oxygen atoms in total. The van der Waals surface area contributed by atoms with Crippen LogP contribution in [-0.4, -0.2) is 9.97 Å². The molecule has 0 saturated heterocycles. The van der Waals surface area contributed by atoms with Gasteiger partial charge in [-0.05, 0) is 69.3 Å². The Morgan fingerprint density at radius 3 is 1.82 bits per heavy atom. The molecule has 0 bridgehead atoms. The molecule has 9 aromatic rings. The molecule has 0 N–H and O–H groups in total. The largest absolute Gasteiger partial charge is 0.456 e. The molecule has 11 rings (SSSR count). The summed E-state index contributed by atoms with van der Waals surface area (Å²) in [5.41, 5.74) is 15.2. The fourth-order valence-corrected chi connectivity index (χ4v) is 8.94. The highest BCUT2D eigenvalue weighted by atomic mass is 16.5. The molecule has 8 aromatic carbocycles. The summed E-state index contributed by atoms with van der Waals surface area (Å²) in [6.07, 6.45) is 0. The van der Waals surface area contributed by atoms with Gasteiger partial charge in [-0.3, -0.25) is 0 Å². The summed E-state index contributed by atoms with van der Waals surface area (Å²) in [6.45, 7) is 0. The zero-order chi connectivity index (χ0) is 37.2. The number of benzene rings is 8. The molecule has 0 atom stereocenters. The van der Waals surface area contributed by atoms with Gasteiger partial charge in [-0.2, -0.15) is 5.26 Å². The van der Waals surface area contributed by atoms with Crippen molar-refractivity contribution < 1.29 is 4.74 Å². The minimum atomic E-state index is -0.515. The van der Waals surface area contributed by atoms with Gasteiger partial charge in [-0.15, -0.1) is 0 Å². The van der Waals surface area contributed by atoms with E-state index < -0.39 is 5.41 Å². The quantitative estimate of drug-likeness (QED) is 0.182. The molecule has 1 aliphatic carbocycles. The van der Waals surface area contributed by atoms with Gasteiger partial charge in [0.05, 0.1) is 28.3 Å². The predicted molar refractivity (Wildman–Crippen MR) is 223 cm³/mol. The molecular weight excluding hydrogens is 683 g/mol. The molecule has 1 spiro atoms. The Labute approximate surface area is 324 Å². The standard InChI is InChI=1S/C52H31N3O/c53-32-33-12-9-13-36(30-33)37-14-10-15-38(31-37)49-42-18-3-7-24-47(42)54-51(55-49)35-28-26-34(27-29-35)39-19-11-23-46-50(39)56-48-25-8-6-22-45(48)52(46)43-20-4-1-16-40(43)41-17-2-5-21-44(41)52/h1-31H. The summed E-state index contributed by atoms with van der Waals surface area (Å²) in [4.78, 5) is 10.3. The number of ether oxygens (including phenoxy) is 1. The summed E-state index contributed by atoms with van der Waals surface area (Å²) in [5, 5.41) is 10.5. The number of fused-ring (bicyclic) bond motifs is 10. The summed E-state index contributed by atoms with van der Waals surface area (Å²) >= 11 is 0. The van der Waals surface area contributed by atoms with Crippen LogP contribution in [0.3, 0.4) is 0 Å². The predicted octanol–water partition coefficient (Wildman–Crippen LogP) is 12.6. The zero-order valence-corrected chi connectivity index (χ0v) is 30.1. The molecular formula is C52H31N3O. The van der Waals surface area contributed by atoms with Gasteiger partial charge in [0.2, 0.25) is 0 Å². The van der Waals surface area contributed by atoms with E-state index in [1.165, 1.54) is 22.3 Å². The third-order valence-electron chi connectivity index (χ3n) is 11.4. The van der Waals surface area contributed by atoms with Crippen LogP contribution >= 0.6 is 0 Å². The van der Waals surface area contributed by atoms with Crippen molar-refractivity contribution >= 4 is 10.9 Å². The number of nitriles is 1. The van der Waals surface area contributed by atoms with Crippen LogP contribution in [0.4, 0.5) is 0 Å². The van der Waals surface area contributed by atoms with Crippen molar-refractivity contribution in [2.45, 2.75) is 5.41 Å². The number of nitrogens with zero attached hydrogens (tertiary/aromatic N) is 3. The Bertz CT molecular complexity index is 3040. The van der Waals surface area contributed by atoms with E-state index in [9.17, 15) is 5.26 Å². The van der Waals surface area contributed by atoms with Crippen LogP contribution in [0.15, 0.2) is 188 Å². The number of para-hydroxylation sites is 3. The smallest absolute Gasteiger partial charge is 0.160 e. The molecule has 0 fully saturated rings. The van der Waals surface area contributed by atoms with Crippen LogP contribution in [0.1, 0.15) is 27.8 Å². The zero-order valence-electron chi connectivity index (χ0n) is 30.1. The number of rotatable bonds is 4. The first kappa shape index (κ1) is 31.9. The number of hydrogen-bond acceptors (Lipinski definition) is 4. The van der Waals surface area contributed by atoms with Gasteiger partial charge in [-0.25, -0.2) is 9.97 Å². The van der Waals surface area contributed by atoms with Crippen molar-refractivity contribution in [3.63, 3.8) is 0 Å². The highest BCUT2D eigenvalue weighted by molar-refractivity contribution is 5.95. The third kappa shape index (κ3) is 4.71. The summed E-state index contributed by atoms with van der Waals surface area (Å²) in [7, 11) is 0. The van der Waals surface area contributed by atoms with Crippen LogP contribution in [0.5, 0.6) is 11.5 Å². The van der Waals surface area contributed by atoms with Crippen LogP contribution in [0.2, 0.25) is 0 Å². The second-order valence-electron chi connectivity index (χ2n) is 14.4. The van der Waals surface area contributed by atoms with E-state index in [1.54, 1.807) is 0 Å². The molecule has 2 aliphatic rings. The van der Waals surface area contributed by atoms with E-state index in [2.05, 4.69) is 146 Å². The molecule has 56 heavy (non-hydrogen) atoms. The van der Waals surface area contributed by atoms with Crippen molar-refractivity contribution in [2.24, 2.45) is 0 Å². The normalized spacial score (nSPS) is 12.9. The van der Waals surface area contributed by atoms with Crippen molar-refractivity contribution in [1.82, 2.24) is 9.97 Å². The van der Waals surface area contributed by atoms with Gasteiger partial charge in [0.15, 0.2) is 5.82 Å². The molecule has 0 radical (unpaired) electrons. The molecule has 0 amide bonds. The van der Waals surface area contributed by atoms with E-state index in [-0.39, 0.29) is 0 Å². The topological polar surface area (TPSA) is 58.8 Å². The van der Waals surface area contributed by atoms with Gasteiger partial charge in [-0.1, -0.05) is 158 Å². The van der Waals surface area contributed by atoms with E-state index in [0.717, 1.165) is 72.6 Å². The summed E-state index contributed by atoms with van der Waals surface area (Å²) in [6, 6.07) is 67.6. The lowest BCUT2D eigenvalue weighted by atomic mass is 9.65. The number of hydrogen-bond donors (Lipinski definition) is 0. The van der Waals surface area contributed by atoms with Crippen molar-refractivity contribution in [2.75, 3.05) is 0 Å². The van der Waals surface area contributed by atoms with Crippen molar-refractivity contribution in [1.29, 1.82) is 5.26 Å². The average Bonchev–Trinajstić information content (AvgIpc) is 3.56. The third-order valence-corrected chi connectivity index (χ3v) is 11.4. The van der Waals surface area contributed by atoms with Gasteiger partial charge in [0.25, 0.3) is 0 Å². The maximum absolute atomic E-state index is 9.50. The maximum Gasteiger partial charge on any atom is 0.160 e. The molecule has 260 valence electrons.